The Bertz CT molecular complexity index is 4050. The lowest BCUT2D eigenvalue weighted by Gasteiger charge is -2.18. The lowest BCUT2D eigenvalue weighted by Crippen LogP contribution is -2.01. The molecule has 70 heavy (non-hydrogen) atoms. The van der Waals surface area contributed by atoms with Crippen molar-refractivity contribution in [2.75, 3.05) is 0 Å². The summed E-state index contributed by atoms with van der Waals surface area (Å²) in [6.07, 6.45) is 0. The lowest BCUT2D eigenvalue weighted by atomic mass is 9.86. The Kier molecular flexibility index (Phi) is 9.85. The predicted octanol–water partition coefficient (Wildman–Crippen LogP) is 17.0. The third-order valence-electron chi connectivity index (χ3n) is 13.8. The van der Waals surface area contributed by atoms with Gasteiger partial charge in [0.1, 0.15) is 0 Å². The van der Waals surface area contributed by atoms with E-state index >= 15 is 0 Å². The molecule has 1 aliphatic rings. The third-order valence-corrected chi connectivity index (χ3v) is 13.8. The summed E-state index contributed by atoms with van der Waals surface area (Å²) in [5.74, 6) is 1.70. The van der Waals surface area contributed by atoms with Crippen molar-refractivity contribution in [1.29, 1.82) is 5.26 Å². The van der Waals surface area contributed by atoms with Crippen molar-refractivity contribution in [1.82, 2.24) is 15.0 Å². The number of nitrogens with zero attached hydrogens (tertiary/aromatic N) is 4. The van der Waals surface area contributed by atoms with Crippen molar-refractivity contribution >= 4 is 21.5 Å². The molecule has 0 aliphatic heterocycles. The number of rotatable bonds is 8. The maximum Gasteiger partial charge on any atom is 0.164 e. The zero-order chi connectivity index (χ0) is 46.5. The van der Waals surface area contributed by atoms with Gasteiger partial charge < -0.3 is 0 Å². The normalized spacial score (nSPS) is 11.4. The SMILES string of the molecule is N#Cc1ccc(-c2ccccc2-c2ccc(-c3cccc4c3-c3cccc5cccc-4c35)cc2)c(-c2ccccc2-c2nc(-c3ccccc3)nc(-c3ccc(-c4ccc5ccccc5c4)cc3)n2)c1. The first-order valence-corrected chi connectivity index (χ1v) is 23.6. The highest BCUT2D eigenvalue weighted by molar-refractivity contribution is 6.18. The number of benzene rings is 11. The molecule has 0 fully saturated rings. The Labute approximate surface area is 406 Å². The summed E-state index contributed by atoms with van der Waals surface area (Å²) in [6, 6.07) is 87.6. The van der Waals surface area contributed by atoms with Crippen LogP contribution in [0.1, 0.15) is 5.56 Å². The Morgan fingerprint density at radius 3 is 1.49 bits per heavy atom. The van der Waals surface area contributed by atoms with Gasteiger partial charge in [-0.2, -0.15) is 5.26 Å². The minimum Gasteiger partial charge on any atom is -0.208 e. The van der Waals surface area contributed by atoms with Crippen molar-refractivity contribution in [2.24, 2.45) is 0 Å². The monoisotopic (exact) mass is 888 g/mol. The maximum atomic E-state index is 10.3. The summed E-state index contributed by atoms with van der Waals surface area (Å²) >= 11 is 0. The van der Waals surface area contributed by atoms with E-state index in [1.165, 1.54) is 54.9 Å². The molecule has 0 saturated heterocycles. The molecule has 0 bridgehead atoms. The topological polar surface area (TPSA) is 62.5 Å². The van der Waals surface area contributed by atoms with Gasteiger partial charge in [0, 0.05) is 16.7 Å². The van der Waals surface area contributed by atoms with E-state index in [1.54, 1.807) is 0 Å². The zero-order valence-electron chi connectivity index (χ0n) is 37.9. The standard InChI is InChI=1S/C66H40N4/c67-41-42-27-38-56(54-20-7-6-19-52(54)45-31-33-46(34-32-45)53-23-12-25-58-57-24-10-17-47-18-11-26-60(62(47)57)63(53)58)61(39-42)55-21-8-9-22-59(55)66-69-64(48-14-2-1-3-15-48)68-65(70-66)49-35-28-44(29-36-49)51-37-30-43-13-4-5-16-50(43)40-51/h1-40H. The Morgan fingerprint density at radius 2 is 0.743 bits per heavy atom. The molecular weight excluding hydrogens is 849 g/mol. The first kappa shape index (κ1) is 40.7. The predicted molar refractivity (Wildman–Crippen MR) is 287 cm³/mol. The molecule has 0 radical (unpaired) electrons. The fourth-order valence-corrected chi connectivity index (χ4v) is 10.4. The van der Waals surface area contributed by atoms with Crippen molar-refractivity contribution in [2.45, 2.75) is 0 Å². The fourth-order valence-electron chi connectivity index (χ4n) is 10.4. The van der Waals surface area contributed by atoms with Gasteiger partial charge >= 0.3 is 0 Å². The summed E-state index contributed by atoms with van der Waals surface area (Å²) in [6.45, 7) is 0. The van der Waals surface area contributed by atoms with Crippen LogP contribution in [0.2, 0.25) is 0 Å². The van der Waals surface area contributed by atoms with E-state index in [2.05, 4.69) is 194 Å². The van der Waals surface area contributed by atoms with Crippen LogP contribution in [0.5, 0.6) is 0 Å². The molecule has 0 N–H and O–H groups in total. The van der Waals surface area contributed by atoms with E-state index < -0.39 is 0 Å². The van der Waals surface area contributed by atoms with Crippen LogP contribution >= 0.6 is 0 Å². The molecule has 0 spiro atoms. The number of hydrogen-bond donors (Lipinski definition) is 0. The van der Waals surface area contributed by atoms with Gasteiger partial charge in [0.05, 0.1) is 11.6 Å². The molecule has 0 saturated carbocycles. The maximum absolute atomic E-state index is 10.3. The van der Waals surface area contributed by atoms with E-state index in [4.69, 9.17) is 15.0 Å². The van der Waals surface area contributed by atoms with E-state index in [0.29, 0.717) is 23.0 Å². The van der Waals surface area contributed by atoms with Gasteiger partial charge in [-0.3, -0.25) is 0 Å². The second kappa shape index (κ2) is 16.9. The van der Waals surface area contributed by atoms with E-state index in [1.807, 2.05) is 54.6 Å². The van der Waals surface area contributed by atoms with Crippen LogP contribution in [0.15, 0.2) is 243 Å². The average molecular weight is 889 g/mol. The molecule has 4 nitrogen and oxygen atoms in total. The molecule has 1 heterocycles. The largest absolute Gasteiger partial charge is 0.208 e. The van der Waals surface area contributed by atoms with E-state index in [9.17, 15) is 5.26 Å². The van der Waals surface area contributed by atoms with Crippen LogP contribution in [0, 0.1) is 11.3 Å². The minimum atomic E-state index is 0.543. The average Bonchev–Trinajstić information content (AvgIpc) is 3.78. The van der Waals surface area contributed by atoms with Gasteiger partial charge in [0.15, 0.2) is 17.5 Å². The van der Waals surface area contributed by atoms with E-state index in [-0.39, 0.29) is 0 Å². The molecule has 12 aromatic rings. The Hall–Kier alpha value is -9.56. The second-order valence-corrected chi connectivity index (χ2v) is 17.8. The second-order valence-electron chi connectivity index (χ2n) is 17.8. The lowest BCUT2D eigenvalue weighted by molar-refractivity contribution is 1.07. The van der Waals surface area contributed by atoms with Gasteiger partial charge in [0.2, 0.25) is 0 Å². The number of fused-ring (bicyclic) bond motifs is 4. The fraction of sp³-hybridized carbons (Fsp3) is 0. The summed E-state index contributed by atoms with van der Waals surface area (Å²) in [5.41, 5.74) is 19.1. The molecule has 324 valence electrons. The summed E-state index contributed by atoms with van der Waals surface area (Å²) in [7, 11) is 0. The van der Waals surface area contributed by atoms with Gasteiger partial charge in [-0.15, -0.1) is 0 Å². The van der Waals surface area contributed by atoms with Gasteiger partial charge in [-0.25, -0.2) is 15.0 Å². The van der Waals surface area contributed by atoms with Gasteiger partial charge in [0.25, 0.3) is 0 Å². The highest BCUT2D eigenvalue weighted by Crippen LogP contribution is 2.51. The highest BCUT2D eigenvalue weighted by atomic mass is 15.0. The molecule has 4 heteroatoms. The van der Waals surface area contributed by atoms with Crippen LogP contribution in [-0.4, -0.2) is 15.0 Å². The van der Waals surface area contributed by atoms with Crippen LogP contribution in [0.3, 0.4) is 0 Å². The number of nitriles is 1. The molecule has 0 atom stereocenters. The Balaban J connectivity index is 0.901. The minimum absolute atomic E-state index is 0.543. The smallest absolute Gasteiger partial charge is 0.164 e. The molecule has 1 aromatic heterocycles. The third kappa shape index (κ3) is 7.04. The summed E-state index contributed by atoms with van der Waals surface area (Å²) < 4.78 is 0. The van der Waals surface area contributed by atoms with Gasteiger partial charge in [-0.1, -0.05) is 224 Å². The van der Waals surface area contributed by atoms with Crippen molar-refractivity contribution in [3.8, 4) is 118 Å². The molecule has 0 amide bonds. The van der Waals surface area contributed by atoms with E-state index in [0.717, 1.165) is 61.2 Å². The number of aromatic nitrogens is 3. The summed E-state index contributed by atoms with van der Waals surface area (Å²) in [4.78, 5) is 15.5. The van der Waals surface area contributed by atoms with Crippen LogP contribution < -0.4 is 0 Å². The molecule has 11 aromatic carbocycles. The zero-order valence-corrected chi connectivity index (χ0v) is 37.9. The molecule has 0 unspecified atom stereocenters. The van der Waals surface area contributed by atoms with Crippen LogP contribution in [0.25, 0.3) is 134 Å². The first-order chi connectivity index (χ1) is 34.6. The summed E-state index contributed by atoms with van der Waals surface area (Å²) in [5, 5.41) is 15.4. The van der Waals surface area contributed by atoms with Crippen LogP contribution in [0.4, 0.5) is 0 Å². The molecular formula is C66H40N4. The van der Waals surface area contributed by atoms with Gasteiger partial charge in [-0.05, 0) is 118 Å². The van der Waals surface area contributed by atoms with Crippen LogP contribution in [-0.2, 0) is 0 Å². The van der Waals surface area contributed by atoms with Crippen molar-refractivity contribution in [3.63, 3.8) is 0 Å². The quantitative estimate of drug-likeness (QED) is 0.152. The highest BCUT2D eigenvalue weighted by Gasteiger charge is 2.25. The Morgan fingerprint density at radius 1 is 0.257 bits per heavy atom. The number of hydrogen-bond acceptors (Lipinski definition) is 4. The molecule has 1 aliphatic carbocycles. The van der Waals surface area contributed by atoms with Crippen molar-refractivity contribution < 1.29 is 0 Å². The molecule has 13 rings (SSSR count). The first-order valence-electron chi connectivity index (χ1n) is 23.6. The van der Waals surface area contributed by atoms with Crippen molar-refractivity contribution in [3.05, 3.63) is 248 Å².